The Kier molecular flexibility index (Phi) is 4.62. The number of carbonyl (C=O) groups is 3. The Balaban J connectivity index is 1.48. The van der Waals surface area contributed by atoms with Crippen molar-refractivity contribution in [3.63, 3.8) is 0 Å². The van der Waals surface area contributed by atoms with Gasteiger partial charge in [0.05, 0.1) is 0 Å². The van der Waals surface area contributed by atoms with Crippen LogP contribution in [-0.4, -0.2) is 48.8 Å². The van der Waals surface area contributed by atoms with Gasteiger partial charge < -0.3 is 14.7 Å². The average molecular weight is 363 g/mol. The molecule has 2 aromatic rings. The van der Waals surface area contributed by atoms with Crippen LogP contribution in [0.25, 0.3) is 0 Å². The summed E-state index contributed by atoms with van der Waals surface area (Å²) in [7, 11) is 0. The monoisotopic (exact) mass is 363 g/mol. The Morgan fingerprint density at radius 3 is 2.22 bits per heavy atom. The molecule has 0 bridgehead atoms. The molecule has 0 unspecified atom stereocenters. The predicted molar refractivity (Wildman–Crippen MR) is 103 cm³/mol. The van der Waals surface area contributed by atoms with Crippen molar-refractivity contribution >= 4 is 29.1 Å². The maximum atomic E-state index is 12.9. The highest BCUT2D eigenvalue weighted by molar-refractivity contribution is 6.03. The van der Waals surface area contributed by atoms with Gasteiger partial charge in [-0.3, -0.25) is 14.4 Å². The topological polar surface area (TPSA) is 60.9 Å². The van der Waals surface area contributed by atoms with Crippen LogP contribution in [0.15, 0.2) is 54.6 Å². The molecule has 2 fully saturated rings. The molecule has 0 saturated carbocycles. The Morgan fingerprint density at radius 2 is 1.52 bits per heavy atom. The number of carbonyl (C=O) groups excluding carboxylic acids is 3. The first kappa shape index (κ1) is 17.3. The van der Waals surface area contributed by atoms with Crippen LogP contribution in [0.3, 0.4) is 0 Å². The average Bonchev–Trinajstić information content (AvgIpc) is 3.14. The van der Waals surface area contributed by atoms with Crippen molar-refractivity contribution in [2.45, 2.75) is 12.8 Å². The van der Waals surface area contributed by atoms with Crippen LogP contribution in [0.1, 0.15) is 23.2 Å². The summed E-state index contributed by atoms with van der Waals surface area (Å²) in [6, 6.07) is 16.6. The van der Waals surface area contributed by atoms with Crippen molar-refractivity contribution in [3.8, 4) is 0 Å². The summed E-state index contributed by atoms with van der Waals surface area (Å²) in [5.74, 6) is -0.178. The fraction of sp³-hybridized carbons (Fsp3) is 0.286. The summed E-state index contributed by atoms with van der Waals surface area (Å²) < 4.78 is 0. The lowest BCUT2D eigenvalue weighted by Gasteiger charge is -2.34. The number of rotatable bonds is 3. The molecule has 0 aliphatic carbocycles. The van der Waals surface area contributed by atoms with Crippen molar-refractivity contribution in [1.29, 1.82) is 0 Å². The van der Waals surface area contributed by atoms with Crippen LogP contribution in [-0.2, 0) is 9.59 Å². The molecule has 0 atom stereocenters. The molecule has 6 heteroatoms. The molecule has 2 aliphatic rings. The maximum absolute atomic E-state index is 12.9. The zero-order chi connectivity index (χ0) is 18.8. The minimum Gasteiger partial charge on any atom is -0.328 e. The van der Waals surface area contributed by atoms with E-state index in [1.165, 1.54) is 0 Å². The predicted octanol–water partition coefficient (Wildman–Crippen LogP) is 2.30. The Bertz CT molecular complexity index is 881. The van der Waals surface area contributed by atoms with Gasteiger partial charge in [0.15, 0.2) is 0 Å². The largest absolute Gasteiger partial charge is 0.328 e. The standard InChI is InChI=1S/C21H21N3O3/c25-19-10-5-11-23(19)18-9-4-6-16(14-18)21(27)22-12-13-24(20(26)15-22)17-7-2-1-3-8-17/h1-4,6-9,14H,5,10-13,15H2. The van der Waals surface area contributed by atoms with Crippen LogP contribution in [0, 0.1) is 0 Å². The molecule has 0 spiro atoms. The van der Waals surface area contributed by atoms with Crippen LogP contribution >= 0.6 is 0 Å². The van der Waals surface area contributed by atoms with E-state index >= 15 is 0 Å². The van der Waals surface area contributed by atoms with Gasteiger partial charge in [0.25, 0.3) is 5.91 Å². The molecule has 3 amide bonds. The van der Waals surface area contributed by atoms with Crippen molar-refractivity contribution in [2.24, 2.45) is 0 Å². The van der Waals surface area contributed by atoms with E-state index in [1.807, 2.05) is 36.4 Å². The number of hydrogen-bond donors (Lipinski definition) is 0. The lowest BCUT2D eigenvalue weighted by atomic mass is 10.1. The highest BCUT2D eigenvalue weighted by atomic mass is 16.2. The summed E-state index contributed by atoms with van der Waals surface area (Å²) in [6.45, 7) is 1.69. The summed E-state index contributed by atoms with van der Waals surface area (Å²) in [6.07, 6.45) is 1.39. The molecule has 138 valence electrons. The van der Waals surface area contributed by atoms with Gasteiger partial charge in [0, 0.05) is 43.0 Å². The van der Waals surface area contributed by atoms with Crippen LogP contribution in [0.2, 0.25) is 0 Å². The zero-order valence-electron chi connectivity index (χ0n) is 15.0. The smallest absolute Gasteiger partial charge is 0.254 e. The third kappa shape index (κ3) is 3.43. The summed E-state index contributed by atoms with van der Waals surface area (Å²) in [5, 5.41) is 0. The van der Waals surface area contributed by atoms with Crippen molar-refractivity contribution < 1.29 is 14.4 Å². The molecule has 4 rings (SSSR count). The first-order valence-electron chi connectivity index (χ1n) is 9.18. The fourth-order valence-electron chi connectivity index (χ4n) is 3.64. The van der Waals surface area contributed by atoms with E-state index in [9.17, 15) is 14.4 Å². The van der Waals surface area contributed by atoms with Gasteiger partial charge in [-0.15, -0.1) is 0 Å². The highest BCUT2D eigenvalue weighted by Gasteiger charge is 2.29. The third-order valence-corrected chi connectivity index (χ3v) is 5.05. The third-order valence-electron chi connectivity index (χ3n) is 5.05. The molecule has 2 heterocycles. The van der Waals surface area contributed by atoms with Gasteiger partial charge in [0.2, 0.25) is 11.8 Å². The maximum Gasteiger partial charge on any atom is 0.254 e. The molecule has 0 radical (unpaired) electrons. The van der Waals surface area contributed by atoms with Gasteiger partial charge in [-0.2, -0.15) is 0 Å². The number of benzene rings is 2. The number of anilines is 2. The van der Waals surface area contributed by atoms with E-state index < -0.39 is 0 Å². The summed E-state index contributed by atoms with van der Waals surface area (Å²) >= 11 is 0. The van der Waals surface area contributed by atoms with E-state index in [2.05, 4.69) is 0 Å². The van der Waals surface area contributed by atoms with Crippen molar-refractivity contribution in [2.75, 3.05) is 36.0 Å². The number of hydrogen-bond acceptors (Lipinski definition) is 3. The van der Waals surface area contributed by atoms with Crippen LogP contribution < -0.4 is 9.80 Å². The van der Waals surface area contributed by atoms with Crippen LogP contribution in [0.5, 0.6) is 0 Å². The lowest BCUT2D eigenvalue weighted by Crippen LogP contribution is -2.52. The Labute approximate surface area is 158 Å². The van der Waals surface area contributed by atoms with Gasteiger partial charge in [-0.25, -0.2) is 0 Å². The number of para-hydroxylation sites is 1. The molecular formula is C21H21N3O3. The molecule has 2 aromatic carbocycles. The quantitative estimate of drug-likeness (QED) is 0.841. The fourth-order valence-corrected chi connectivity index (χ4v) is 3.64. The molecule has 2 aliphatic heterocycles. The number of amides is 3. The van der Waals surface area contributed by atoms with Gasteiger partial charge in [-0.1, -0.05) is 24.3 Å². The molecule has 0 N–H and O–H groups in total. The number of piperazine rings is 1. The normalized spacial score (nSPS) is 17.6. The second kappa shape index (κ2) is 7.23. The van der Waals surface area contributed by atoms with E-state index in [0.717, 1.165) is 17.8 Å². The van der Waals surface area contributed by atoms with Gasteiger partial charge >= 0.3 is 0 Å². The molecule has 0 aromatic heterocycles. The molecule has 6 nitrogen and oxygen atoms in total. The number of nitrogens with zero attached hydrogens (tertiary/aromatic N) is 3. The molecule has 27 heavy (non-hydrogen) atoms. The van der Waals surface area contributed by atoms with Crippen molar-refractivity contribution in [3.05, 3.63) is 60.2 Å². The van der Waals surface area contributed by atoms with Gasteiger partial charge in [0.1, 0.15) is 6.54 Å². The Hall–Kier alpha value is -3.15. The minimum atomic E-state index is -0.176. The Morgan fingerprint density at radius 1 is 0.778 bits per heavy atom. The SMILES string of the molecule is O=C(c1cccc(N2CCCC2=O)c1)N1CCN(c2ccccc2)C(=O)C1. The van der Waals surface area contributed by atoms with E-state index in [-0.39, 0.29) is 24.3 Å². The van der Waals surface area contributed by atoms with E-state index in [4.69, 9.17) is 0 Å². The minimum absolute atomic E-state index is 0.0562. The van der Waals surface area contributed by atoms with E-state index in [1.54, 1.807) is 32.9 Å². The lowest BCUT2D eigenvalue weighted by molar-refractivity contribution is -0.120. The second-order valence-electron chi connectivity index (χ2n) is 6.81. The summed E-state index contributed by atoms with van der Waals surface area (Å²) in [5.41, 5.74) is 2.11. The van der Waals surface area contributed by atoms with Gasteiger partial charge in [-0.05, 0) is 36.8 Å². The van der Waals surface area contributed by atoms with Crippen molar-refractivity contribution in [1.82, 2.24) is 4.90 Å². The molecule has 2 saturated heterocycles. The molecular weight excluding hydrogens is 342 g/mol. The van der Waals surface area contributed by atoms with E-state index in [0.29, 0.717) is 31.6 Å². The zero-order valence-corrected chi connectivity index (χ0v) is 15.0. The first-order valence-corrected chi connectivity index (χ1v) is 9.18. The highest BCUT2D eigenvalue weighted by Crippen LogP contribution is 2.24. The first-order chi connectivity index (χ1) is 13.1. The summed E-state index contributed by atoms with van der Waals surface area (Å²) in [4.78, 5) is 42.4. The van der Waals surface area contributed by atoms with Crippen LogP contribution in [0.4, 0.5) is 11.4 Å². The second-order valence-corrected chi connectivity index (χ2v) is 6.81.